The maximum Gasteiger partial charge on any atom is 0.237 e. The van der Waals surface area contributed by atoms with Crippen LogP contribution in [0.5, 0.6) is 0 Å². The molecule has 0 saturated heterocycles. The Kier molecular flexibility index (Phi) is 4.87. The minimum Gasteiger partial charge on any atom is -0.340 e. The Balaban J connectivity index is 2.67. The van der Waals surface area contributed by atoms with E-state index in [1.54, 1.807) is 0 Å². The van der Waals surface area contributed by atoms with Crippen LogP contribution in [0, 0.1) is 0 Å². The molecule has 0 aromatic rings. The zero-order valence-corrected chi connectivity index (χ0v) is 10.6. The summed E-state index contributed by atoms with van der Waals surface area (Å²) in [5, 5.41) is 0. The number of hydrogen-bond donors (Lipinski definition) is 0. The monoisotopic (exact) mass is 232 g/mol. The van der Waals surface area contributed by atoms with Crippen molar-refractivity contribution < 1.29 is 4.79 Å². The second kappa shape index (κ2) is 5.71. The molecule has 0 unspecified atom stereocenters. The Morgan fingerprint density at radius 2 is 1.73 bits per heavy atom. The molecule has 0 aromatic heterocycles. The minimum absolute atomic E-state index is 0.0374. The largest absolute Gasteiger partial charge is 0.340 e. The van der Waals surface area contributed by atoms with Crippen molar-refractivity contribution >= 4 is 17.5 Å². The average Bonchev–Trinajstić information content (AvgIpc) is 2.27. The molecule has 1 aliphatic rings. The quantitative estimate of drug-likeness (QED) is 0.690. The van der Waals surface area contributed by atoms with Gasteiger partial charge in [-0.15, -0.1) is 11.6 Å². The van der Waals surface area contributed by atoms with Crippen LogP contribution in [0.25, 0.3) is 0 Å². The second-order valence-corrected chi connectivity index (χ2v) is 4.79. The van der Waals surface area contributed by atoms with Gasteiger partial charge in [0, 0.05) is 19.1 Å². The lowest BCUT2D eigenvalue weighted by Gasteiger charge is -2.41. The Morgan fingerprint density at radius 3 is 2.20 bits per heavy atom. The molecule has 0 heterocycles. The van der Waals surface area contributed by atoms with Crippen molar-refractivity contribution in [2.45, 2.75) is 37.8 Å². The van der Waals surface area contributed by atoms with Gasteiger partial charge in [0.05, 0.1) is 0 Å². The van der Waals surface area contributed by atoms with Crippen LogP contribution in [0.1, 0.15) is 25.7 Å². The smallest absolute Gasteiger partial charge is 0.237 e. The van der Waals surface area contributed by atoms with Crippen LogP contribution in [0.15, 0.2) is 0 Å². The van der Waals surface area contributed by atoms with E-state index in [4.69, 9.17) is 11.6 Å². The number of likely N-dealkylation sites (N-methyl/N-ethyl adjacent to an activating group) is 2. The van der Waals surface area contributed by atoms with E-state index >= 15 is 0 Å². The Morgan fingerprint density at radius 1 is 1.20 bits per heavy atom. The van der Waals surface area contributed by atoms with Crippen LogP contribution in [0.2, 0.25) is 0 Å². The highest BCUT2D eigenvalue weighted by Crippen LogP contribution is 2.25. The molecule has 1 aliphatic carbocycles. The number of nitrogens with zero attached hydrogens (tertiary/aromatic N) is 2. The van der Waals surface area contributed by atoms with Gasteiger partial charge in [-0.3, -0.25) is 4.79 Å². The molecule has 15 heavy (non-hydrogen) atoms. The third-order valence-electron chi connectivity index (χ3n) is 3.36. The third kappa shape index (κ3) is 3.08. The molecular formula is C11H21ClN2O. The van der Waals surface area contributed by atoms with E-state index < -0.39 is 0 Å². The summed E-state index contributed by atoms with van der Waals surface area (Å²) in [6.45, 7) is 0. The van der Waals surface area contributed by atoms with Crippen LogP contribution in [0.4, 0.5) is 0 Å². The van der Waals surface area contributed by atoms with Crippen molar-refractivity contribution in [3.8, 4) is 0 Å². The lowest BCUT2D eigenvalue weighted by atomic mass is 9.88. The SMILES string of the molecule is CN(C)[C@@H]1CCCC[C@H]1N(C)C(=O)CCl. The number of amides is 1. The zero-order chi connectivity index (χ0) is 11.4. The summed E-state index contributed by atoms with van der Waals surface area (Å²) in [5.74, 6) is 0.128. The highest BCUT2D eigenvalue weighted by molar-refractivity contribution is 6.27. The summed E-state index contributed by atoms with van der Waals surface area (Å²) in [4.78, 5) is 15.6. The molecule has 1 rings (SSSR count). The maximum atomic E-state index is 11.6. The summed E-state index contributed by atoms with van der Waals surface area (Å²) >= 11 is 5.59. The molecule has 0 aliphatic heterocycles. The number of rotatable bonds is 3. The fraction of sp³-hybridized carbons (Fsp3) is 0.909. The van der Waals surface area contributed by atoms with Gasteiger partial charge in [0.1, 0.15) is 5.88 Å². The van der Waals surface area contributed by atoms with Crippen molar-refractivity contribution in [3.63, 3.8) is 0 Å². The second-order valence-electron chi connectivity index (χ2n) is 4.52. The van der Waals surface area contributed by atoms with Crippen molar-refractivity contribution in [1.82, 2.24) is 9.80 Å². The Hall–Kier alpha value is -0.280. The maximum absolute atomic E-state index is 11.6. The molecule has 0 spiro atoms. The van der Waals surface area contributed by atoms with Gasteiger partial charge in [-0.2, -0.15) is 0 Å². The van der Waals surface area contributed by atoms with Gasteiger partial charge in [0.2, 0.25) is 5.91 Å². The molecule has 0 aromatic carbocycles. The molecule has 1 saturated carbocycles. The molecule has 0 radical (unpaired) electrons. The lowest BCUT2D eigenvalue weighted by Crippen LogP contribution is -2.52. The van der Waals surface area contributed by atoms with Gasteiger partial charge >= 0.3 is 0 Å². The normalized spacial score (nSPS) is 26.7. The average molecular weight is 233 g/mol. The van der Waals surface area contributed by atoms with E-state index in [-0.39, 0.29) is 11.8 Å². The summed E-state index contributed by atoms with van der Waals surface area (Å²) in [6.07, 6.45) is 4.76. The third-order valence-corrected chi connectivity index (χ3v) is 3.59. The Labute approximate surface area is 97.4 Å². The van der Waals surface area contributed by atoms with Crippen molar-refractivity contribution in [1.29, 1.82) is 0 Å². The predicted octanol–water partition coefficient (Wildman–Crippen LogP) is 1.56. The molecule has 4 heteroatoms. The topological polar surface area (TPSA) is 23.6 Å². The zero-order valence-electron chi connectivity index (χ0n) is 9.87. The predicted molar refractivity (Wildman–Crippen MR) is 63.2 cm³/mol. The molecular weight excluding hydrogens is 212 g/mol. The number of alkyl halides is 1. The van der Waals surface area contributed by atoms with Crippen LogP contribution in [-0.2, 0) is 4.79 Å². The van der Waals surface area contributed by atoms with Crippen LogP contribution < -0.4 is 0 Å². The van der Waals surface area contributed by atoms with E-state index in [1.165, 1.54) is 19.3 Å². The van der Waals surface area contributed by atoms with Gasteiger partial charge in [-0.25, -0.2) is 0 Å². The fourth-order valence-corrected chi connectivity index (χ4v) is 2.61. The molecule has 1 fully saturated rings. The number of hydrogen-bond acceptors (Lipinski definition) is 2. The van der Waals surface area contributed by atoms with E-state index in [0.29, 0.717) is 12.1 Å². The standard InChI is InChI=1S/C11H21ClN2O/c1-13(2)9-6-4-5-7-10(9)14(3)11(15)8-12/h9-10H,4-8H2,1-3H3/t9-,10-/m1/s1. The first-order valence-electron chi connectivity index (χ1n) is 5.56. The molecule has 0 bridgehead atoms. The van der Waals surface area contributed by atoms with Crippen molar-refractivity contribution in [2.75, 3.05) is 27.0 Å². The first-order chi connectivity index (χ1) is 7.07. The van der Waals surface area contributed by atoms with Crippen molar-refractivity contribution in [2.24, 2.45) is 0 Å². The summed E-state index contributed by atoms with van der Waals surface area (Å²) < 4.78 is 0. The summed E-state index contributed by atoms with van der Waals surface area (Å²) in [7, 11) is 6.04. The van der Waals surface area contributed by atoms with E-state index in [0.717, 1.165) is 6.42 Å². The van der Waals surface area contributed by atoms with E-state index in [1.807, 2.05) is 11.9 Å². The van der Waals surface area contributed by atoms with Gasteiger partial charge < -0.3 is 9.80 Å². The van der Waals surface area contributed by atoms with Crippen molar-refractivity contribution in [3.05, 3.63) is 0 Å². The van der Waals surface area contributed by atoms with E-state index in [2.05, 4.69) is 19.0 Å². The number of halogens is 1. The van der Waals surface area contributed by atoms with E-state index in [9.17, 15) is 4.79 Å². The molecule has 1 amide bonds. The first kappa shape index (κ1) is 12.8. The van der Waals surface area contributed by atoms with Crippen LogP contribution >= 0.6 is 11.6 Å². The highest BCUT2D eigenvalue weighted by atomic mass is 35.5. The lowest BCUT2D eigenvalue weighted by molar-refractivity contribution is -0.131. The molecule has 88 valence electrons. The number of carbonyl (C=O) groups excluding carboxylic acids is 1. The molecule has 0 N–H and O–H groups in total. The van der Waals surface area contributed by atoms with Gasteiger partial charge in [-0.1, -0.05) is 12.8 Å². The van der Waals surface area contributed by atoms with Crippen LogP contribution in [-0.4, -0.2) is 54.8 Å². The van der Waals surface area contributed by atoms with Gasteiger partial charge in [-0.05, 0) is 26.9 Å². The van der Waals surface area contributed by atoms with Gasteiger partial charge in [0.15, 0.2) is 0 Å². The Bertz CT molecular complexity index is 221. The molecule has 2 atom stereocenters. The fourth-order valence-electron chi connectivity index (χ4n) is 2.43. The highest BCUT2D eigenvalue weighted by Gasteiger charge is 2.31. The van der Waals surface area contributed by atoms with Crippen LogP contribution in [0.3, 0.4) is 0 Å². The van der Waals surface area contributed by atoms with Gasteiger partial charge in [0.25, 0.3) is 0 Å². The minimum atomic E-state index is 0.0374. The molecule has 3 nitrogen and oxygen atoms in total. The summed E-state index contributed by atoms with van der Waals surface area (Å²) in [5.41, 5.74) is 0. The number of carbonyl (C=O) groups is 1. The first-order valence-corrected chi connectivity index (χ1v) is 6.09. The summed E-state index contributed by atoms with van der Waals surface area (Å²) in [6, 6.07) is 0.816.